The van der Waals surface area contributed by atoms with Crippen molar-refractivity contribution in [3.8, 4) is 6.07 Å². The van der Waals surface area contributed by atoms with Crippen molar-refractivity contribution in [1.82, 2.24) is 0 Å². The second-order valence-corrected chi connectivity index (χ2v) is 15.6. The molecule has 1 aliphatic heterocycles. The topological polar surface area (TPSA) is 98.5 Å². The predicted molar refractivity (Wildman–Crippen MR) is 286 cm³/mol. The zero-order valence-corrected chi connectivity index (χ0v) is 38.5. The smallest absolute Gasteiger partial charge is 0.178 e. The number of aliphatic hydroxyl groups is 1. The van der Waals surface area contributed by atoms with Gasteiger partial charge < -0.3 is 10.0 Å². The Hall–Kier alpha value is -8.76. The van der Waals surface area contributed by atoms with E-state index in [1.165, 1.54) is 0 Å². The SMILES string of the molecule is N#Cc1cccc(N2CCC(O)CC2)c1.O=C(C=Cc1ccccc1)C=Cc1ccccc1.O=C(C=Cc1ccccc1)C=Cc1ccccc1.O=C(C=Cc1ccccc1)C=Cc1ccccc1. The maximum Gasteiger partial charge on any atom is 0.178 e. The quantitative estimate of drug-likeness (QED) is 0.116. The van der Waals surface area contributed by atoms with E-state index in [9.17, 15) is 19.5 Å². The van der Waals surface area contributed by atoms with Crippen LogP contribution < -0.4 is 4.90 Å². The Morgan fingerprint density at radius 1 is 0.406 bits per heavy atom. The van der Waals surface area contributed by atoms with E-state index < -0.39 is 0 Å². The van der Waals surface area contributed by atoms with Crippen LogP contribution in [0.1, 0.15) is 51.8 Å². The van der Waals surface area contributed by atoms with Crippen molar-refractivity contribution in [3.05, 3.63) is 282 Å². The van der Waals surface area contributed by atoms with E-state index in [-0.39, 0.29) is 23.5 Å². The van der Waals surface area contributed by atoms with Crippen LogP contribution in [0.5, 0.6) is 0 Å². The molecular formula is C63H56N2O4. The van der Waals surface area contributed by atoms with Gasteiger partial charge in [-0.15, -0.1) is 0 Å². The summed E-state index contributed by atoms with van der Waals surface area (Å²) in [5.41, 5.74) is 7.94. The molecule has 0 aliphatic carbocycles. The second-order valence-electron chi connectivity index (χ2n) is 15.6. The van der Waals surface area contributed by atoms with Gasteiger partial charge in [-0.05, 0) is 101 Å². The van der Waals surface area contributed by atoms with Crippen LogP contribution in [-0.2, 0) is 14.4 Å². The summed E-state index contributed by atoms with van der Waals surface area (Å²) >= 11 is 0. The Bertz CT molecular complexity index is 2410. The molecule has 0 atom stereocenters. The number of nitrogens with zero attached hydrogens (tertiary/aromatic N) is 2. The van der Waals surface area contributed by atoms with Gasteiger partial charge in [0.15, 0.2) is 17.3 Å². The highest BCUT2D eigenvalue weighted by atomic mass is 16.3. The largest absolute Gasteiger partial charge is 0.393 e. The molecule has 0 radical (unpaired) electrons. The first kappa shape index (κ1) is 51.2. The van der Waals surface area contributed by atoms with E-state index in [1.807, 2.05) is 243 Å². The maximum absolute atomic E-state index is 11.6. The zero-order valence-electron chi connectivity index (χ0n) is 38.5. The van der Waals surface area contributed by atoms with Gasteiger partial charge in [0.25, 0.3) is 0 Å². The van der Waals surface area contributed by atoms with Crippen LogP contribution in [0.15, 0.2) is 243 Å². The highest BCUT2D eigenvalue weighted by Crippen LogP contribution is 2.21. The number of allylic oxidation sites excluding steroid dienone is 6. The third-order valence-electron chi connectivity index (χ3n) is 10.2. The molecule has 0 saturated carbocycles. The molecule has 69 heavy (non-hydrogen) atoms. The van der Waals surface area contributed by atoms with Gasteiger partial charge in [0.1, 0.15) is 0 Å². The molecule has 0 bridgehead atoms. The summed E-state index contributed by atoms with van der Waals surface area (Å²) in [6.45, 7) is 1.74. The number of carbonyl (C=O) groups excluding carboxylic acids is 3. The van der Waals surface area contributed by atoms with Crippen LogP contribution in [0.3, 0.4) is 0 Å². The van der Waals surface area contributed by atoms with Gasteiger partial charge in [-0.2, -0.15) is 5.26 Å². The number of aliphatic hydroxyl groups excluding tert-OH is 1. The fraction of sp³-hybridized carbons (Fsp3) is 0.0794. The molecule has 7 aromatic carbocycles. The molecule has 1 fully saturated rings. The van der Waals surface area contributed by atoms with Gasteiger partial charge in [0.05, 0.1) is 17.7 Å². The third-order valence-corrected chi connectivity index (χ3v) is 10.2. The number of nitriles is 1. The van der Waals surface area contributed by atoms with Crippen LogP contribution >= 0.6 is 0 Å². The highest BCUT2D eigenvalue weighted by molar-refractivity contribution is 6.05. The second kappa shape index (κ2) is 30.4. The molecule has 0 amide bonds. The number of anilines is 1. The fourth-order valence-corrected chi connectivity index (χ4v) is 6.52. The lowest BCUT2D eigenvalue weighted by Crippen LogP contribution is -2.35. The Morgan fingerprint density at radius 3 is 0.913 bits per heavy atom. The van der Waals surface area contributed by atoms with Crippen LogP contribution in [0, 0.1) is 11.3 Å². The number of piperidine rings is 1. The molecule has 0 spiro atoms. The molecule has 0 unspecified atom stereocenters. The molecule has 6 nitrogen and oxygen atoms in total. The summed E-state index contributed by atoms with van der Waals surface area (Å²) in [7, 11) is 0. The van der Waals surface area contributed by atoms with E-state index in [1.54, 1.807) is 36.5 Å². The zero-order chi connectivity index (χ0) is 48.6. The lowest BCUT2D eigenvalue weighted by molar-refractivity contribution is -0.111. The Morgan fingerprint density at radius 2 is 0.667 bits per heavy atom. The summed E-state index contributed by atoms with van der Waals surface area (Å²) in [6.07, 6.45) is 21.9. The van der Waals surface area contributed by atoms with Crippen molar-refractivity contribution in [1.29, 1.82) is 5.26 Å². The van der Waals surface area contributed by atoms with Crippen molar-refractivity contribution in [2.24, 2.45) is 0 Å². The van der Waals surface area contributed by atoms with Crippen molar-refractivity contribution in [3.63, 3.8) is 0 Å². The number of carbonyl (C=O) groups is 3. The number of rotatable bonds is 13. The molecule has 7 aromatic rings. The predicted octanol–water partition coefficient (Wildman–Crippen LogP) is 13.5. The van der Waals surface area contributed by atoms with E-state index in [4.69, 9.17) is 5.26 Å². The number of hydrogen-bond donors (Lipinski definition) is 1. The number of ketones is 3. The normalized spacial score (nSPS) is 12.5. The summed E-state index contributed by atoms with van der Waals surface area (Å²) in [5.74, 6) is -0.0341. The Balaban J connectivity index is 0.000000172. The molecule has 1 aliphatic rings. The van der Waals surface area contributed by atoms with E-state index in [0.29, 0.717) is 5.56 Å². The summed E-state index contributed by atoms with van der Waals surface area (Å²) < 4.78 is 0. The maximum atomic E-state index is 11.6. The van der Waals surface area contributed by atoms with Gasteiger partial charge in [-0.25, -0.2) is 0 Å². The Labute approximate surface area is 407 Å². The van der Waals surface area contributed by atoms with E-state index in [0.717, 1.165) is 65.0 Å². The minimum atomic E-state index is -0.152. The first-order chi connectivity index (χ1) is 33.8. The first-order valence-electron chi connectivity index (χ1n) is 22.8. The average Bonchev–Trinajstić information content (AvgIpc) is 3.42. The van der Waals surface area contributed by atoms with E-state index >= 15 is 0 Å². The van der Waals surface area contributed by atoms with Gasteiger partial charge in [0.2, 0.25) is 0 Å². The number of hydrogen-bond acceptors (Lipinski definition) is 6. The fourth-order valence-electron chi connectivity index (χ4n) is 6.52. The van der Waals surface area contributed by atoms with Gasteiger partial charge in [0, 0.05) is 18.8 Å². The summed E-state index contributed by atoms with van der Waals surface area (Å²) in [6, 6.07) is 68.4. The van der Waals surface area contributed by atoms with Crippen molar-refractivity contribution in [2.75, 3.05) is 18.0 Å². The number of benzene rings is 7. The van der Waals surface area contributed by atoms with Crippen LogP contribution in [0.4, 0.5) is 5.69 Å². The summed E-state index contributed by atoms with van der Waals surface area (Å²) in [4.78, 5) is 37.1. The monoisotopic (exact) mass is 904 g/mol. The standard InChI is InChI=1S/3C17H14O.C12H14N2O/c3*18-17(13-11-15-7-3-1-4-8-15)14-12-16-9-5-2-6-10-16;13-9-10-2-1-3-11(8-10)14-6-4-12(15)5-7-14/h3*1-14H;1-3,8,12,15H,4-7H2. The molecule has 1 heterocycles. The molecule has 8 rings (SSSR count). The average molecular weight is 905 g/mol. The lowest BCUT2D eigenvalue weighted by atomic mass is 10.1. The van der Waals surface area contributed by atoms with Crippen molar-refractivity contribution in [2.45, 2.75) is 18.9 Å². The van der Waals surface area contributed by atoms with Crippen molar-refractivity contribution < 1.29 is 19.5 Å². The van der Waals surface area contributed by atoms with Gasteiger partial charge in [-0.1, -0.05) is 225 Å². The minimum absolute atomic E-state index is 0.0114. The molecule has 1 saturated heterocycles. The minimum Gasteiger partial charge on any atom is -0.393 e. The van der Waals surface area contributed by atoms with Gasteiger partial charge in [-0.3, -0.25) is 14.4 Å². The molecule has 342 valence electrons. The summed E-state index contributed by atoms with van der Waals surface area (Å²) in [5, 5.41) is 18.2. The molecule has 0 aromatic heterocycles. The third kappa shape index (κ3) is 21.4. The van der Waals surface area contributed by atoms with Crippen molar-refractivity contribution >= 4 is 59.5 Å². The Kier molecular flexibility index (Phi) is 22.6. The molecule has 6 heteroatoms. The van der Waals surface area contributed by atoms with E-state index in [2.05, 4.69) is 11.0 Å². The molecule has 1 N–H and O–H groups in total. The first-order valence-corrected chi connectivity index (χ1v) is 22.8. The van der Waals surface area contributed by atoms with Crippen LogP contribution in [-0.4, -0.2) is 41.6 Å². The lowest BCUT2D eigenvalue weighted by Gasteiger charge is -2.31. The highest BCUT2D eigenvalue weighted by Gasteiger charge is 2.17. The van der Waals surface area contributed by atoms with Crippen LogP contribution in [0.2, 0.25) is 0 Å². The molecular weight excluding hydrogens is 849 g/mol. The van der Waals surface area contributed by atoms with Gasteiger partial charge >= 0.3 is 0 Å². The van der Waals surface area contributed by atoms with Crippen LogP contribution in [0.25, 0.3) is 36.5 Å².